The zero-order valence-corrected chi connectivity index (χ0v) is 13.0. The van der Waals surface area contributed by atoms with Crippen molar-refractivity contribution in [2.75, 3.05) is 17.7 Å². The largest absolute Gasteiger partial charge is 0.377 e. The van der Waals surface area contributed by atoms with E-state index in [9.17, 15) is 0 Å². The van der Waals surface area contributed by atoms with E-state index in [0.717, 1.165) is 27.5 Å². The lowest BCUT2D eigenvalue weighted by Gasteiger charge is -2.05. The third-order valence-corrected chi connectivity index (χ3v) is 5.20. The number of aromatic nitrogens is 2. The minimum Gasteiger partial charge on any atom is -0.377 e. The van der Waals surface area contributed by atoms with Crippen LogP contribution in [0.25, 0.3) is 0 Å². The number of benzene rings is 1. The highest BCUT2D eigenvalue weighted by atomic mass is 32.2. The van der Waals surface area contributed by atoms with E-state index in [-0.39, 0.29) is 0 Å². The van der Waals surface area contributed by atoms with Gasteiger partial charge in [0.2, 0.25) is 5.13 Å². The van der Waals surface area contributed by atoms with Gasteiger partial charge in [-0.2, -0.15) is 0 Å². The standard InChI is InChI=1S/C14H17N3OS2/c1-10-4-2-5-11(8-10)15-13-16-17-14(20-13)19-9-12-6-3-7-18-12/h2,4-5,8,12H,3,6-7,9H2,1H3,(H,15,16)/t12-/m0/s1. The van der Waals surface area contributed by atoms with Crippen molar-refractivity contribution in [2.45, 2.75) is 30.2 Å². The molecule has 0 radical (unpaired) electrons. The predicted molar refractivity (Wildman–Crippen MR) is 84.1 cm³/mol. The minimum absolute atomic E-state index is 0.386. The maximum atomic E-state index is 5.61. The summed E-state index contributed by atoms with van der Waals surface area (Å²) < 4.78 is 6.61. The van der Waals surface area contributed by atoms with Crippen LogP contribution in [0.3, 0.4) is 0 Å². The lowest BCUT2D eigenvalue weighted by atomic mass is 10.2. The van der Waals surface area contributed by atoms with Crippen LogP contribution >= 0.6 is 23.1 Å². The summed E-state index contributed by atoms with van der Waals surface area (Å²) >= 11 is 3.32. The smallest absolute Gasteiger partial charge is 0.210 e. The number of nitrogens with zero attached hydrogens (tertiary/aromatic N) is 2. The van der Waals surface area contributed by atoms with E-state index in [4.69, 9.17) is 4.74 Å². The molecule has 1 aromatic heterocycles. The van der Waals surface area contributed by atoms with Gasteiger partial charge < -0.3 is 10.1 Å². The van der Waals surface area contributed by atoms with E-state index in [0.29, 0.717) is 6.10 Å². The second-order valence-corrected chi connectivity index (χ2v) is 7.06. The number of nitrogens with one attached hydrogen (secondary N) is 1. The molecule has 4 nitrogen and oxygen atoms in total. The summed E-state index contributed by atoms with van der Waals surface area (Å²) in [6, 6.07) is 8.24. The maximum absolute atomic E-state index is 5.61. The molecule has 0 unspecified atom stereocenters. The molecular formula is C14H17N3OS2. The van der Waals surface area contributed by atoms with Crippen molar-refractivity contribution in [1.82, 2.24) is 10.2 Å². The van der Waals surface area contributed by atoms with E-state index in [1.807, 2.05) is 12.1 Å². The molecule has 0 bridgehead atoms. The lowest BCUT2D eigenvalue weighted by Crippen LogP contribution is -2.07. The average molecular weight is 307 g/mol. The van der Waals surface area contributed by atoms with Crippen molar-refractivity contribution >= 4 is 33.9 Å². The number of thioether (sulfide) groups is 1. The number of anilines is 2. The zero-order valence-electron chi connectivity index (χ0n) is 11.3. The van der Waals surface area contributed by atoms with Crippen LogP contribution in [0.4, 0.5) is 10.8 Å². The van der Waals surface area contributed by atoms with Crippen LogP contribution in [-0.4, -0.2) is 28.7 Å². The molecule has 20 heavy (non-hydrogen) atoms. The number of hydrogen-bond acceptors (Lipinski definition) is 6. The number of aryl methyl sites for hydroxylation is 1. The van der Waals surface area contributed by atoms with Gasteiger partial charge in [0.25, 0.3) is 0 Å². The fraction of sp³-hybridized carbons (Fsp3) is 0.429. The third-order valence-electron chi connectivity index (χ3n) is 3.09. The molecule has 1 aliphatic rings. The van der Waals surface area contributed by atoms with Gasteiger partial charge in [-0.05, 0) is 37.5 Å². The Kier molecular flexibility index (Phi) is 4.54. The first kappa shape index (κ1) is 13.9. The van der Waals surface area contributed by atoms with Gasteiger partial charge in [-0.15, -0.1) is 10.2 Å². The molecule has 1 atom stereocenters. The van der Waals surface area contributed by atoms with E-state index in [2.05, 4.69) is 34.6 Å². The molecular weight excluding hydrogens is 290 g/mol. The van der Waals surface area contributed by atoms with E-state index in [1.165, 1.54) is 18.4 Å². The Bertz CT molecular complexity index is 567. The molecule has 2 heterocycles. The molecule has 106 valence electrons. The van der Waals surface area contributed by atoms with Crippen LogP contribution in [0.15, 0.2) is 28.6 Å². The van der Waals surface area contributed by atoms with Gasteiger partial charge in [-0.1, -0.05) is 35.2 Å². The van der Waals surface area contributed by atoms with Crippen LogP contribution in [0.2, 0.25) is 0 Å². The fourth-order valence-electron chi connectivity index (χ4n) is 2.10. The molecule has 1 N–H and O–H groups in total. The van der Waals surface area contributed by atoms with Gasteiger partial charge in [-0.25, -0.2) is 0 Å². The Morgan fingerprint density at radius 2 is 2.40 bits per heavy atom. The van der Waals surface area contributed by atoms with Gasteiger partial charge in [-0.3, -0.25) is 0 Å². The van der Waals surface area contributed by atoms with Crippen LogP contribution in [0, 0.1) is 6.92 Å². The van der Waals surface area contributed by atoms with Gasteiger partial charge in [0.15, 0.2) is 4.34 Å². The average Bonchev–Trinajstić information content (AvgIpc) is 3.07. The molecule has 3 rings (SSSR count). The quantitative estimate of drug-likeness (QED) is 0.850. The fourth-order valence-corrected chi connectivity index (χ4v) is 3.97. The molecule has 0 aliphatic carbocycles. The van der Waals surface area contributed by atoms with Gasteiger partial charge in [0.1, 0.15) is 0 Å². The first-order chi connectivity index (χ1) is 9.79. The number of hydrogen-bond donors (Lipinski definition) is 1. The van der Waals surface area contributed by atoms with Crippen LogP contribution in [0.1, 0.15) is 18.4 Å². The molecule has 2 aromatic rings. The summed E-state index contributed by atoms with van der Waals surface area (Å²) in [5.74, 6) is 0.971. The zero-order chi connectivity index (χ0) is 13.8. The second kappa shape index (κ2) is 6.56. The Morgan fingerprint density at radius 3 is 3.20 bits per heavy atom. The highest BCUT2D eigenvalue weighted by Crippen LogP contribution is 2.29. The monoisotopic (exact) mass is 307 g/mol. The van der Waals surface area contributed by atoms with Crippen LogP contribution in [0.5, 0.6) is 0 Å². The van der Waals surface area contributed by atoms with Crippen molar-refractivity contribution in [1.29, 1.82) is 0 Å². The Labute approximate surface area is 127 Å². The molecule has 1 aromatic carbocycles. The van der Waals surface area contributed by atoms with E-state index >= 15 is 0 Å². The lowest BCUT2D eigenvalue weighted by molar-refractivity contribution is 0.129. The first-order valence-electron chi connectivity index (χ1n) is 6.71. The van der Waals surface area contributed by atoms with Gasteiger partial charge in [0.05, 0.1) is 6.10 Å². The molecule has 0 saturated carbocycles. The molecule has 0 amide bonds. The normalized spacial score (nSPS) is 18.4. The van der Waals surface area contributed by atoms with Crippen molar-refractivity contribution in [3.05, 3.63) is 29.8 Å². The van der Waals surface area contributed by atoms with E-state index < -0.39 is 0 Å². The summed E-state index contributed by atoms with van der Waals surface area (Å²) in [6.45, 7) is 2.98. The summed E-state index contributed by atoms with van der Waals surface area (Å²) in [5, 5.41) is 12.5. The van der Waals surface area contributed by atoms with Crippen LogP contribution < -0.4 is 5.32 Å². The summed E-state index contributed by atoms with van der Waals surface area (Å²) in [5.41, 5.74) is 2.28. The molecule has 6 heteroatoms. The highest BCUT2D eigenvalue weighted by molar-refractivity contribution is 8.01. The first-order valence-corrected chi connectivity index (χ1v) is 8.51. The van der Waals surface area contributed by atoms with Crippen molar-refractivity contribution in [3.63, 3.8) is 0 Å². The highest BCUT2D eigenvalue weighted by Gasteiger charge is 2.16. The molecule has 0 spiro atoms. The number of rotatable bonds is 5. The Morgan fingerprint density at radius 1 is 1.45 bits per heavy atom. The summed E-state index contributed by atoms with van der Waals surface area (Å²) in [4.78, 5) is 0. The van der Waals surface area contributed by atoms with Crippen molar-refractivity contribution < 1.29 is 4.74 Å². The topological polar surface area (TPSA) is 47.0 Å². The van der Waals surface area contributed by atoms with Gasteiger partial charge in [0, 0.05) is 18.0 Å². The minimum atomic E-state index is 0.386. The molecule has 1 aliphatic heterocycles. The Balaban J connectivity index is 1.56. The van der Waals surface area contributed by atoms with E-state index in [1.54, 1.807) is 23.1 Å². The number of ether oxygens (including phenoxy) is 1. The predicted octanol–water partition coefficient (Wildman–Crippen LogP) is 3.86. The van der Waals surface area contributed by atoms with Crippen molar-refractivity contribution in [2.24, 2.45) is 0 Å². The third kappa shape index (κ3) is 3.71. The van der Waals surface area contributed by atoms with Crippen molar-refractivity contribution in [3.8, 4) is 0 Å². The molecule has 1 saturated heterocycles. The SMILES string of the molecule is Cc1cccc(Nc2nnc(SC[C@@H]3CCCO3)s2)c1. The summed E-state index contributed by atoms with van der Waals surface area (Å²) in [7, 11) is 0. The van der Waals surface area contributed by atoms with Gasteiger partial charge >= 0.3 is 0 Å². The van der Waals surface area contributed by atoms with Crippen LogP contribution in [-0.2, 0) is 4.74 Å². The summed E-state index contributed by atoms with van der Waals surface area (Å²) in [6.07, 6.45) is 2.74. The second-order valence-electron chi connectivity index (χ2n) is 4.81. The maximum Gasteiger partial charge on any atom is 0.210 e. The Hall–Kier alpha value is -1.11. The molecule has 1 fully saturated rings.